The number of morpholine rings is 1. The van der Waals surface area contributed by atoms with Crippen LogP contribution >= 0.6 is 0 Å². The average molecular weight is 171 g/mol. The van der Waals surface area contributed by atoms with Gasteiger partial charge in [0.15, 0.2) is 0 Å². The maximum atomic E-state index is 8.98. The van der Waals surface area contributed by atoms with Crippen LogP contribution in [-0.4, -0.2) is 48.0 Å². The molecule has 0 radical (unpaired) electrons. The summed E-state index contributed by atoms with van der Waals surface area (Å²) in [4.78, 5) is 2.45. The van der Waals surface area contributed by atoms with Crippen LogP contribution in [0.2, 0.25) is 0 Å². The predicted octanol–water partition coefficient (Wildman–Crippen LogP) is 0.230. The molecular formula is C9H17NO2. The van der Waals surface area contributed by atoms with Gasteiger partial charge in [0.25, 0.3) is 0 Å². The van der Waals surface area contributed by atoms with Crippen LogP contribution in [0.3, 0.4) is 0 Å². The smallest absolute Gasteiger partial charge is 0.0936 e. The molecule has 2 aliphatic rings. The van der Waals surface area contributed by atoms with Crippen LogP contribution in [0.5, 0.6) is 0 Å². The lowest BCUT2D eigenvalue weighted by Gasteiger charge is -2.36. The van der Waals surface area contributed by atoms with Crippen molar-refractivity contribution in [2.75, 3.05) is 19.7 Å². The first-order valence-corrected chi connectivity index (χ1v) is 4.80. The molecule has 0 spiro atoms. The molecule has 0 amide bonds. The SMILES string of the molecule is C[C@@H]1CN(C2CC2)C[C@H](CO)O1. The minimum Gasteiger partial charge on any atom is -0.394 e. The van der Waals surface area contributed by atoms with Gasteiger partial charge in [0.2, 0.25) is 0 Å². The molecule has 1 saturated carbocycles. The van der Waals surface area contributed by atoms with Crippen LogP contribution in [0.4, 0.5) is 0 Å². The molecular weight excluding hydrogens is 154 g/mol. The highest BCUT2D eigenvalue weighted by Crippen LogP contribution is 2.29. The summed E-state index contributed by atoms with van der Waals surface area (Å²) in [6.45, 7) is 4.21. The van der Waals surface area contributed by atoms with Gasteiger partial charge in [-0.1, -0.05) is 0 Å². The summed E-state index contributed by atoms with van der Waals surface area (Å²) < 4.78 is 5.55. The molecule has 3 heteroatoms. The van der Waals surface area contributed by atoms with Crippen LogP contribution in [-0.2, 0) is 4.74 Å². The van der Waals surface area contributed by atoms with Crippen LogP contribution in [0.1, 0.15) is 19.8 Å². The molecule has 0 aromatic carbocycles. The quantitative estimate of drug-likeness (QED) is 0.645. The second-order valence-electron chi connectivity index (χ2n) is 3.94. The molecule has 0 bridgehead atoms. The van der Waals surface area contributed by atoms with E-state index in [1.807, 2.05) is 0 Å². The Balaban J connectivity index is 1.88. The second kappa shape index (κ2) is 3.32. The molecule has 1 saturated heterocycles. The van der Waals surface area contributed by atoms with Gasteiger partial charge < -0.3 is 9.84 Å². The third-order valence-corrected chi connectivity index (χ3v) is 2.62. The van der Waals surface area contributed by atoms with E-state index in [2.05, 4.69) is 11.8 Å². The van der Waals surface area contributed by atoms with E-state index in [1.54, 1.807) is 0 Å². The third kappa shape index (κ3) is 1.79. The highest BCUT2D eigenvalue weighted by atomic mass is 16.5. The molecule has 1 aliphatic heterocycles. The molecule has 0 unspecified atom stereocenters. The summed E-state index contributed by atoms with van der Waals surface area (Å²) in [5.41, 5.74) is 0. The van der Waals surface area contributed by atoms with E-state index in [0.717, 1.165) is 19.1 Å². The van der Waals surface area contributed by atoms with Gasteiger partial charge in [0.1, 0.15) is 0 Å². The van der Waals surface area contributed by atoms with Crippen molar-refractivity contribution in [1.29, 1.82) is 0 Å². The van der Waals surface area contributed by atoms with E-state index in [9.17, 15) is 0 Å². The lowest BCUT2D eigenvalue weighted by Crippen LogP contribution is -2.48. The molecule has 1 aliphatic carbocycles. The minimum absolute atomic E-state index is 0.0503. The Labute approximate surface area is 73.3 Å². The van der Waals surface area contributed by atoms with Gasteiger partial charge in [-0.15, -0.1) is 0 Å². The maximum Gasteiger partial charge on any atom is 0.0936 e. The number of rotatable bonds is 2. The van der Waals surface area contributed by atoms with E-state index in [4.69, 9.17) is 9.84 Å². The molecule has 2 rings (SSSR count). The zero-order valence-electron chi connectivity index (χ0n) is 7.57. The number of hydrogen-bond acceptors (Lipinski definition) is 3. The lowest BCUT2D eigenvalue weighted by molar-refractivity contribution is -0.0972. The highest BCUT2D eigenvalue weighted by molar-refractivity contribution is 4.89. The predicted molar refractivity (Wildman–Crippen MR) is 46.0 cm³/mol. The fourth-order valence-corrected chi connectivity index (χ4v) is 1.92. The van der Waals surface area contributed by atoms with Gasteiger partial charge in [0, 0.05) is 19.1 Å². The van der Waals surface area contributed by atoms with Crippen LogP contribution in [0.15, 0.2) is 0 Å². The second-order valence-corrected chi connectivity index (χ2v) is 3.94. The molecule has 3 nitrogen and oxygen atoms in total. The normalized spacial score (nSPS) is 38.5. The highest BCUT2D eigenvalue weighted by Gasteiger charge is 2.34. The molecule has 0 aromatic rings. The number of aliphatic hydroxyl groups is 1. The standard InChI is InChI=1S/C9H17NO2/c1-7-4-10(8-2-3-8)5-9(6-11)12-7/h7-9,11H,2-6H2,1H3/t7-,9-/m1/s1. The molecule has 1 heterocycles. The molecule has 2 fully saturated rings. The monoisotopic (exact) mass is 171 g/mol. The molecule has 70 valence electrons. The third-order valence-electron chi connectivity index (χ3n) is 2.62. The van der Waals surface area contributed by atoms with Gasteiger partial charge in [0.05, 0.1) is 18.8 Å². The minimum atomic E-state index is 0.0503. The van der Waals surface area contributed by atoms with Crippen LogP contribution < -0.4 is 0 Å². The van der Waals surface area contributed by atoms with E-state index in [-0.39, 0.29) is 18.8 Å². The van der Waals surface area contributed by atoms with Crippen molar-refractivity contribution in [1.82, 2.24) is 4.90 Å². The van der Waals surface area contributed by atoms with Crippen molar-refractivity contribution in [3.63, 3.8) is 0 Å². The molecule has 12 heavy (non-hydrogen) atoms. The first kappa shape index (κ1) is 8.48. The summed E-state index contributed by atoms with van der Waals surface area (Å²) in [6, 6.07) is 0.797. The Bertz CT molecular complexity index is 159. The Morgan fingerprint density at radius 1 is 1.42 bits per heavy atom. The first-order chi connectivity index (χ1) is 5.79. The number of hydrogen-bond donors (Lipinski definition) is 1. The average Bonchev–Trinajstić information content (AvgIpc) is 2.85. The zero-order valence-corrected chi connectivity index (χ0v) is 7.57. The van der Waals surface area contributed by atoms with Crippen molar-refractivity contribution in [2.45, 2.75) is 38.0 Å². The Morgan fingerprint density at radius 2 is 2.17 bits per heavy atom. The van der Waals surface area contributed by atoms with E-state index in [0.29, 0.717) is 0 Å². The van der Waals surface area contributed by atoms with Crippen LogP contribution in [0.25, 0.3) is 0 Å². The number of nitrogens with zero attached hydrogens (tertiary/aromatic N) is 1. The zero-order chi connectivity index (χ0) is 8.55. The molecule has 0 aromatic heterocycles. The van der Waals surface area contributed by atoms with E-state index < -0.39 is 0 Å². The number of ether oxygens (including phenoxy) is 1. The summed E-state index contributed by atoms with van der Waals surface area (Å²) in [5, 5.41) is 8.98. The Kier molecular flexibility index (Phi) is 2.35. The van der Waals surface area contributed by atoms with E-state index in [1.165, 1.54) is 12.8 Å². The van der Waals surface area contributed by atoms with Gasteiger partial charge in [-0.2, -0.15) is 0 Å². The van der Waals surface area contributed by atoms with Gasteiger partial charge in [-0.25, -0.2) is 0 Å². The molecule has 2 atom stereocenters. The van der Waals surface area contributed by atoms with Crippen molar-refractivity contribution < 1.29 is 9.84 Å². The van der Waals surface area contributed by atoms with Crippen molar-refractivity contribution >= 4 is 0 Å². The lowest BCUT2D eigenvalue weighted by atomic mass is 10.2. The van der Waals surface area contributed by atoms with Gasteiger partial charge in [-0.05, 0) is 19.8 Å². The van der Waals surface area contributed by atoms with Crippen molar-refractivity contribution in [3.8, 4) is 0 Å². The summed E-state index contributed by atoms with van der Waals surface area (Å²) in [6.07, 6.45) is 3.02. The summed E-state index contributed by atoms with van der Waals surface area (Å²) in [5.74, 6) is 0. The first-order valence-electron chi connectivity index (χ1n) is 4.80. The summed E-state index contributed by atoms with van der Waals surface area (Å²) in [7, 11) is 0. The largest absolute Gasteiger partial charge is 0.394 e. The topological polar surface area (TPSA) is 32.7 Å². The fraction of sp³-hybridized carbons (Fsp3) is 1.00. The summed E-state index contributed by atoms with van der Waals surface area (Å²) >= 11 is 0. The van der Waals surface area contributed by atoms with Gasteiger partial charge in [-0.3, -0.25) is 4.90 Å². The van der Waals surface area contributed by atoms with Crippen LogP contribution in [0, 0.1) is 0 Å². The number of aliphatic hydroxyl groups excluding tert-OH is 1. The van der Waals surface area contributed by atoms with E-state index >= 15 is 0 Å². The maximum absolute atomic E-state index is 8.98. The van der Waals surface area contributed by atoms with Crippen molar-refractivity contribution in [2.24, 2.45) is 0 Å². The van der Waals surface area contributed by atoms with Crippen molar-refractivity contribution in [3.05, 3.63) is 0 Å². The fourth-order valence-electron chi connectivity index (χ4n) is 1.92. The molecule has 1 N–H and O–H groups in total. The Hall–Kier alpha value is -0.120. The Morgan fingerprint density at radius 3 is 2.75 bits per heavy atom. The van der Waals surface area contributed by atoms with Gasteiger partial charge >= 0.3 is 0 Å².